The molecule has 2 atom stereocenters. The van der Waals surface area contributed by atoms with E-state index in [0.29, 0.717) is 11.3 Å². The van der Waals surface area contributed by atoms with Gasteiger partial charge in [-0.05, 0) is 37.1 Å². The lowest BCUT2D eigenvalue weighted by Gasteiger charge is -2.41. The van der Waals surface area contributed by atoms with E-state index in [0.717, 1.165) is 32.6 Å². The third kappa shape index (κ3) is 3.46. The van der Waals surface area contributed by atoms with Crippen molar-refractivity contribution in [1.82, 2.24) is 4.90 Å². The van der Waals surface area contributed by atoms with E-state index in [1.54, 1.807) is 0 Å². The van der Waals surface area contributed by atoms with Crippen LogP contribution in [0.1, 0.15) is 51.9 Å². The fraction of sp³-hybridized carbons (Fsp3) is 1.00. The zero-order valence-corrected chi connectivity index (χ0v) is 11.9. The van der Waals surface area contributed by atoms with Gasteiger partial charge in [0.1, 0.15) is 0 Å². The normalized spacial score (nSPS) is 34.2. The van der Waals surface area contributed by atoms with Crippen LogP contribution >= 0.6 is 0 Å². The maximum Gasteiger partial charge on any atom is 0.0590 e. The molecule has 106 valence electrons. The SMILES string of the molecule is CC1CN(CC2(CN)CCCCCC2)CCC1O. The number of nitrogens with two attached hydrogens (primary N) is 1. The third-order valence-corrected chi connectivity index (χ3v) is 5.10. The molecule has 3 nitrogen and oxygen atoms in total. The molecule has 0 bridgehead atoms. The highest BCUT2D eigenvalue weighted by Gasteiger charge is 2.34. The van der Waals surface area contributed by atoms with Gasteiger partial charge in [-0.15, -0.1) is 0 Å². The minimum atomic E-state index is -0.0933. The number of nitrogens with zero attached hydrogens (tertiary/aromatic N) is 1. The zero-order valence-electron chi connectivity index (χ0n) is 11.9. The van der Waals surface area contributed by atoms with E-state index < -0.39 is 0 Å². The highest BCUT2D eigenvalue weighted by Crippen LogP contribution is 2.35. The van der Waals surface area contributed by atoms with Crippen molar-refractivity contribution in [2.24, 2.45) is 17.1 Å². The van der Waals surface area contributed by atoms with E-state index in [9.17, 15) is 5.11 Å². The van der Waals surface area contributed by atoms with Gasteiger partial charge >= 0.3 is 0 Å². The predicted molar refractivity (Wildman–Crippen MR) is 75.4 cm³/mol. The molecule has 2 unspecified atom stereocenters. The van der Waals surface area contributed by atoms with Crippen molar-refractivity contribution in [3.8, 4) is 0 Å². The van der Waals surface area contributed by atoms with Crippen molar-refractivity contribution in [3.05, 3.63) is 0 Å². The van der Waals surface area contributed by atoms with Crippen LogP contribution in [0.15, 0.2) is 0 Å². The molecular formula is C15H30N2O. The summed E-state index contributed by atoms with van der Waals surface area (Å²) >= 11 is 0. The Hall–Kier alpha value is -0.120. The van der Waals surface area contributed by atoms with Gasteiger partial charge in [0.15, 0.2) is 0 Å². The molecule has 0 spiro atoms. The molecule has 1 aliphatic carbocycles. The maximum absolute atomic E-state index is 9.82. The van der Waals surface area contributed by atoms with Gasteiger partial charge in [-0.25, -0.2) is 0 Å². The maximum atomic E-state index is 9.82. The van der Waals surface area contributed by atoms with E-state index in [1.165, 1.54) is 38.5 Å². The molecule has 1 heterocycles. The Morgan fingerprint density at radius 2 is 1.89 bits per heavy atom. The molecule has 0 radical (unpaired) electrons. The van der Waals surface area contributed by atoms with Crippen LogP contribution in [-0.2, 0) is 0 Å². The average molecular weight is 254 g/mol. The molecule has 0 aromatic heterocycles. The summed E-state index contributed by atoms with van der Waals surface area (Å²) in [7, 11) is 0. The Balaban J connectivity index is 1.92. The van der Waals surface area contributed by atoms with Crippen LogP contribution in [0.25, 0.3) is 0 Å². The third-order valence-electron chi connectivity index (χ3n) is 5.10. The number of rotatable bonds is 3. The first-order valence-corrected chi connectivity index (χ1v) is 7.76. The van der Waals surface area contributed by atoms with Gasteiger partial charge in [0, 0.05) is 19.6 Å². The van der Waals surface area contributed by atoms with Crippen molar-refractivity contribution < 1.29 is 5.11 Å². The summed E-state index contributed by atoms with van der Waals surface area (Å²) in [5.74, 6) is 0.416. The van der Waals surface area contributed by atoms with Crippen LogP contribution in [0, 0.1) is 11.3 Å². The number of piperidine rings is 1. The number of hydrogen-bond acceptors (Lipinski definition) is 3. The molecule has 3 N–H and O–H groups in total. The Kier molecular flexibility index (Phi) is 5.05. The van der Waals surface area contributed by atoms with Crippen LogP contribution in [0.4, 0.5) is 0 Å². The fourth-order valence-corrected chi connectivity index (χ4v) is 3.74. The second-order valence-electron chi connectivity index (χ2n) is 6.69. The Bertz CT molecular complexity index is 249. The van der Waals surface area contributed by atoms with Crippen LogP contribution in [0.2, 0.25) is 0 Å². The lowest BCUT2D eigenvalue weighted by molar-refractivity contribution is 0.0145. The molecule has 1 saturated carbocycles. The highest BCUT2D eigenvalue weighted by atomic mass is 16.3. The molecule has 1 aliphatic heterocycles. The standard InChI is InChI=1S/C15H30N2O/c1-13-10-17(9-6-14(13)18)12-15(11-16)7-4-2-3-5-8-15/h13-14,18H,2-12,16H2,1H3. The summed E-state index contributed by atoms with van der Waals surface area (Å²) in [6.07, 6.45) is 8.92. The molecule has 0 aromatic rings. The Morgan fingerprint density at radius 1 is 1.22 bits per heavy atom. The van der Waals surface area contributed by atoms with E-state index >= 15 is 0 Å². The molecule has 18 heavy (non-hydrogen) atoms. The van der Waals surface area contributed by atoms with Crippen molar-refractivity contribution in [3.63, 3.8) is 0 Å². The minimum absolute atomic E-state index is 0.0933. The summed E-state index contributed by atoms with van der Waals surface area (Å²) in [6, 6.07) is 0. The molecular weight excluding hydrogens is 224 g/mol. The molecule has 0 aromatic carbocycles. The first kappa shape index (κ1) is 14.3. The van der Waals surface area contributed by atoms with Gasteiger partial charge < -0.3 is 15.7 Å². The van der Waals surface area contributed by atoms with E-state index in [2.05, 4.69) is 11.8 Å². The fourth-order valence-electron chi connectivity index (χ4n) is 3.74. The van der Waals surface area contributed by atoms with Gasteiger partial charge in [0.2, 0.25) is 0 Å². The number of likely N-dealkylation sites (tertiary alicyclic amines) is 1. The van der Waals surface area contributed by atoms with Crippen molar-refractivity contribution in [2.75, 3.05) is 26.2 Å². The summed E-state index contributed by atoms with van der Waals surface area (Å²) in [6.45, 7) is 6.25. The second-order valence-corrected chi connectivity index (χ2v) is 6.69. The lowest BCUT2D eigenvalue weighted by Crippen LogP contribution is -2.48. The van der Waals surface area contributed by atoms with Crippen LogP contribution in [0.5, 0.6) is 0 Å². The minimum Gasteiger partial charge on any atom is -0.393 e. The summed E-state index contributed by atoms with van der Waals surface area (Å²) < 4.78 is 0. The van der Waals surface area contributed by atoms with Gasteiger partial charge in [-0.1, -0.05) is 32.6 Å². The molecule has 2 aliphatic rings. The molecule has 1 saturated heterocycles. The number of hydrogen-bond donors (Lipinski definition) is 2. The second kappa shape index (κ2) is 6.36. The van der Waals surface area contributed by atoms with Crippen LogP contribution < -0.4 is 5.73 Å². The Labute approximate surface area is 112 Å². The molecule has 0 amide bonds. The highest BCUT2D eigenvalue weighted by molar-refractivity contribution is 4.88. The van der Waals surface area contributed by atoms with Crippen molar-refractivity contribution in [2.45, 2.75) is 58.0 Å². The van der Waals surface area contributed by atoms with Gasteiger partial charge in [-0.2, -0.15) is 0 Å². The van der Waals surface area contributed by atoms with Crippen molar-refractivity contribution >= 4 is 0 Å². The van der Waals surface area contributed by atoms with E-state index in [1.807, 2.05) is 0 Å². The predicted octanol–water partition coefficient (Wildman–Crippen LogP) is 1.99. The van der Waals surface area contributed by atoms with Gasteiger partial charge in [-0.3, -0.25) is 0 Å². The first-order valence-electron chi connectivity index (χ1n) is 7.76. The monoisotopic (exact) mass is 254 g/mol. The quantitative estimate of drug-likeness (QED) is 0.757. The lowest BCUT2D eigenvalue weighted by atomic mass is 9.79. The molecule has 3 heteroatoms. The largest absolute Gasteiger partial charge is 0.393 e. The average Bonchev–Trinajstić information content (AvgIpc) is 2.60. The topological polar surface area (TPSA) is 49.5 Å². The summed E-state index contributed by atoms with van der Waals surface area (Å²) in [5, 5.41) is 9.82. The van der Waals surface area contributed by atoms with E-state index in [-0.39, 0.29) is 6.10 Å². The van der Waals surface area contributed by atoms with Crippen molar-refractivity contribution in [1.29, 1.82) is 0 Å². The number of aliphatic hydroxyl groups is 1. The summed E-state index contributed by atoms with van der Waals surface area (Å²) in [5.41, 5.74) is 6.47. The van der Waals surface area contributed by atoms with Crippen LogP contribution in [0.3, 0.4) is 0 Å². The van der Waals surface area contributed by atoms with Crippen LogP contribution in [-0.4, -0.2) is 42.3 Å². The van der Waals surface area contributed by atoms with E-state index in [4.69, 9.17) is 5.73 Å². The Morgan fingerprint density at radius 3 is 2.44 bits per heavy atom. The summed E-state index contributed by atoms with van der Waals surface area (Å²) in [4.78, 5) is 2.55. The zero-order chi connectivity index (χ0) is 13.0. The smallest absolute Gasteiger partial charge is 0.0590 e. The molecule has 2 rings (SSSR count). The first-order chi connectivity index (χ1) is 8.65. The van der Waals surface area contributed by atoms with Gasteiger partial charge in [0.25, 0.3) is 0 Å². The molecule has 2 fully saturated rings. The number of aliphatic hydroxyl groups excluding tert-OH is 1. The van der Waals surface area contributed by atoms with Gasteiger partial charge in [0.05, 0.1) is 6.10 Å².